The van der Waals surface area contributed by atoms with Crippen molar-refractivity contribution in [3.05, 3.63) is 58.1 Å². The fourth-order valence-electron chi connectivity index (χ4n) is 5.00. The maximum absolute atomic E-state index is 12.9. The minimum Gasteiger partial charge on any atom is -0.507 e. The van der Waals surface area contributed by atoms with Crippen molar-refractivity contribution in [3.63, 3.8) is 0 Å². The molecule has 4 rings (SSSR count). The van der Waals surface area contributed by atoms with Crippen LogP contribution in [0.3, 0.4) is 0 Å². The zero-order chi connectivity index (χ0) is 25.5. The number of aromatic hydroxyl groups is 1. The Labute approximate surface area is 211 Å². The monoisotopic (exact) mass is 498 g/mol. The van der Waals surface area contributed by atoms with E-state index in [9.17, 15) is 14.7 Å². The van der Waals surface area contributed by atoms with Gasteiger partial charge >= 0.3 is 5.24 Å². The number of hydroxylamine groups is 2. The molecule has 2 N–H and O–H groups in total. The summed E-state index contributed by atoms with van der Waals surface area (Å²) in [4.78, 5) is 31.2. The van der Waals surface area contributed by atoms with Crippen LogP contribution in [-0.2, 0) is 16.1 Å². The molecule has 35 heavy (non-hydrogen) atoms. The summed E-state index contributed by atoms with van der Waals surface area (Å²) in [5, 5.41) is 14.0. The number of phenols is 1. The Morgan fingerprint density at radius 1 is 1.14 bits per heavy atom. The molecule has 7 nitrogen and oxygen atoms in total. The predicted molar refractivity (Wildman–Crippen MR) is 137 cm³/mol. The molecule has 2 aliphatic rings. The topological polar surface area (TPSA) is 88.1 Å². The molecule has 2 heterocycles. The van der Waals surface area contributed by atoms with Crippen molar-refractivity contribution in [2.75, 3.05) is 13.7 Å². The summed E-state index contributed by atoms with van der Waals surface area (Å²) in [7, 11) is 1.84. The molecule has 0 bridgehead atoms. The summed E-state index contributed by atoms with van der Waals surface area (Å²) in [6.45, 7) is 10.1. The molecule has 2 aliphatic heterocycles. The lowest BCUT2D eigenvalue weighted by Gasteiger charge is -2.30. The van der Waals surface area contributed by atoms with Gasteiger partial charge in [0.05, 0.1) is 11.9 Å². The minimum absolute atomic E-state index is 0.00562. The van der Waals surface area contributed by atoms with E-state index in [4.69, 9.17) is 9.57 Å². The standard InChI is InChI=1S/C27H34N2O5S/c1-15-16(2)24-22(17(3)23(15)30)20(27(4,5)34-24)13-19(28-6)14-33-29-25(31)21(35-26(29)32)12-18-10-8-7-9-11-18/h7-11,19-21,28,30H,12-14H2,1-6H3. The molecule has 2 aromatic rings. The number of imide groups is 1. The molecule has 0 aliphatic carbocycles. The van der Waals surface area contributed by atoms with Crippen molar-refractivity contribution < 1.29 is 24.3 Å². The summed E-state index contributed by atoms with van der Waals surface area (Å²) in [5.41, 5.74) is 4.16. The third-order valence-corrected chi connectivity index (χ3v) is 8.32. The lowest BCUT2D eigenvalue weighted by Crippen LogP contribution is -2.41. The van der Waals surface area contributed by atoms with Crippen LogP contribution in [-0.4, -0.2) is 51.9 Å². The lowest BCUT2D eigenvalue weighted by molar-refractivity contribution is -0.165. The molecule has 8 heteroatoms. The smallest absolute Gasteiger partial charge is 0.313 e. The van der Waals surface area contributed by atoms with Crippen LogP contribution in [0.4, 0.5) is 4.79 Å². The van der Waals surface area contributed by atoms with E-state index >= 15 is 0 Å². The van der Waals surface area contributed by atoms with Crippen molar-refractivity contribution in [1.29, 1.82) is 0 Å². The number of benzene rings is 2. The van der Waals surface area contributed by atoms with E-state index in [1.165, 1.54) is 0 Å². The van der Waals surface area contributed by atoms with Crippen molar-refractivity contribution >= 4 is 22.9 Å². The molecule has 0 radical (unpaired) electrons. The molecule has 0 saturated carbocycles. The second-order valence-electron chi connectivity index (χ2n) is 9.94. The number of amides is 2. The molecule has 0 spiro atoms. The number of carbonyl (C=O) groups is 2. The Balaban J connectivity index is 1.46. The first-order chi connectivity index (χ1) is 16.5. The summed E-state index contributed by atoms with van der Waals surface area (Å²) >= 11 is 1.01. The molecular weight excluding hydrogens is 464 g/mol. The third-order valence-electron chi connectivity index (χ3n) is 7.30. The van der Waals surface area contributed by atoms with Crippen LogP contribution in [0.1, 0.15) is 54.0 Å². The van der Waals surface area contributed by atoms with Crippen LogP contribution >= 0.6 is 11.8 Å². The maximum Gasteiger partial charge on any atom is 0.313 e. The number of phenolic OH excluding ortho intramolecular Hbond substituents is 1. The molecule has 0 aromatic heterocycles. The molecule has 1 fully saturated rings. The van der Waals surface area contributed by atoms with E-state index in [0.717, 1.165) is 50.4 Å². The highest BCUT2D eigenvalue weighted by atomic mass is 32.2. The number of nitrogens with one attached hydrogen (secondary N) is 1. The van der Waals surface area contributed by atoms with Gasteiger partial charge in [-0.15, -0.1) is 5.06 Å². The highest BCUT2D eigenvalue weighted by Crippen LogP contribution is 2.53. The van der Waals surface area contributed by atoms with E-state index in [-0.39, 0.29) is 29.7 Å². The first-order valence-electron chi connectivity index (χ1n) is 12.0. The average Bonchev–Trinajstić information content (AvgIpc) is 3.25. The summed E-state index contributed by atoms with van der Waals surface area (Å²) in [6.07, 6.45) is 1.13. The van der Waals surface area contributed by atoms with Gasteiger partial charge in [0.2, 0.25) is 0 Å². The SMILES string of the molecule is CNC(CON1C(=O)SC(Cc2ccccc2)C1=O)CC1c2c(C)c(O)c(C)c(C)c2OC1(C)C. The van der Waals surface area contributed by atoms with Crippen molar-refractivity contribution in [2.45, 2.75) is 70.3 Å². The van der Waals surface area contributed by atoms with Crippen LogP contribution in [0.5, 0.6) is 11.5 Å². The Morgan fingerprint density at radius 2 is 1.83 bits per heavy atom. The van der Waals surface area contributed by atoms with Gasteiger partial charge in [0.25, 0.3) is 5.91 Å². The molecular formula is C27H34N2O5S. The minimum atomic E-state index is -0.483. The summed E-state index contributed by atoms with van der Waals surface area (Å²) in [6, 6.07) is 9.52. The van der Waals surface area contributed by atoms with Crippen molar-refractivity contribution in [2.24, 2.45) is 0 Å². The maximum atomic E-state index is 12.9. The van der Waals surface area contributed by atoms with Gasteiger partial charge in [-0.25, -0.2) is 0 Å². The van der Waals surface area contributed by atoms with Crippen molar-refractivity contribution in [3.8, 4) is 11.5 Å². The number of rotatable bonds is 8. The van der Waals surface area contributed by atoms with E-state index in [0.29, 0.717) is 18.6 Å². The third kappa shape index (κ3) is 4.79. The van der Waals surface area contributed by atoms with E-state index in [1.54, 1.807) is 0 Å². The van der Waals surface area contributed by atoms with Gasteiger partial charge in [-0.2, -0.15) is 0 Å². The Bertz CT molecular complexity index is 1130. The van der Waals surface area contributed by atoms with Gasteiger partial charge in [0.15, 0.2) is 0 Å². The Morgan fingerprint density at radius 3 is 2.49 bits per heavy atom. The van der Waals surface area contributed by atoms with Crippen LogP contribution in [0.15, 0.2) is 30.3 Å². The first kappa shape index (κ1) is 25.5. The zero-order valence-corrected chi connectivity index (χ0v) is 22.0. The number of nitrogens with zero attached hydrogens (tertiary/aromatic N) is 1. The Hall–Kier alpha value is -2.55. The lowest BCUT2D eigenvalue weighted by atomic mass is 9.79. The molecule has 1 saturated heterocycles. The average molecular weight is 499 g/mol. The number of hydrogen-bond donors (Lipinski definition) is 2. The van der Waals surface area contributed by atoms with Crippen LogP contribution < -0.4 is 10.1 Å². The highest BCUT2D eigenvalue weighted by molar-refractivity contribution is 8.15. The van der Waals surface area contributed by atoms with Gasteiger partial charge in [-0.05, 0) is 88.5 Å². The molecule has 188 valence electrons. The largest absolute Gasteiger partial charge is 0.507 e. The normalized spacial score (nSPS) is 21.8. The molecule has 3 unspecified atom stereocenters. The number of thioether (sulfide) groups is 1. The molecule has 2 aromatic carbocycles. The molecule has 3 atom stereocenters. The second-order valence-corrected chi connectivity index (χ2v) is 11.1. The van der Waals surface area contributed by atoms with Gasteiger partial charge < -0.3 is 15.2 Å². The van der Waals surface area contributed by atoms with E-state index in [2.05, 4.69) is 19.2 Å². The first-order valence-corrected chi connectivity index (χ1v) is 12.8. The fraction of sp³-hybridized carbons (Fsp3) is 0.481. The second kappa shape index (κ2) is 9.84. The molecule has 2 amide bonds. The summed E-state index contributed by atoms with van der Waals surface area (Å²) in [5.74, 6) is 0.822. The zero-order valence-electron chi connectivity index (χ0n) is 21.2. The van der Waals surface area contributed by atoms with Gasteiger partial charge in [-0.3, -0.25) is 14.4 Å². The van der Waals surface area contributed by atoms with Crippen LogP contribution in [0.25, 0.3) is 0 Å². The highest BCUT2D eigenvalue weighted by Gasteiger charge is 2.45. The fourth-order valence-corrected chi connectivity index (χ4v) is 5.95. The number of carbonyl (C=O) groups excluding carboxylic acids is 2. The number of hydrogen-bond acceptors (Lipinski definition) is 7. The van der Waals surface area contributed by atoms with Crippen LogP contribution in [0, 0.1) is 20.8 Å². The van der Waals surface area contributed by atoms with Gasteiger partial charge in [-0.1, -0.05) is 30.3 Å². The van der Waals surface area contributed by atoms with Gasteiger partial charge in [0.1, 0.15) is 17.1 Å². The number of fused-ring (bicyclic) bond motifs is 1. The van der Waals surface area contributed by atoms with Crippen LogP contribution in [0.2, 0.25) is 0 Å². The van der Waals surface area contributed by atoms with Crippen molar-refractivity contribution in [1.82, 2.24) is 10.4 Å². The summed E-state index contributed by atoms with van der Waals surface area (Å²) < 4.78 is 6.38. The number of ether oxygens (including phenoxy) is 1. The van der Waals surface area contributed by atoms with Gasteiger partial charge in [0, 0.05) is 17.5 Å². The Kier molecular flexibility index (Phi) is 7.18. The number of likely N-dealkylation sites (N-methyl/N-ethyl adjacent to an activating group) is 1. The predicted octanol–water partition coefficient (Wildman–Crippen LogP) is 4.79. The van der Waals surface area contributed by atoms with E-state index < -0.39 is 10.9 Å². The quantitative estimate of drug-likeness (QED) is 0.541. The van der Waals surface area contributed by atoms with E-state index in [1.807, 2.05) is 58.2 Å².